The van der Waals surface area contributed by atoms with E-state index in [2.05, 4.69) is 35.1 Å². The Morgan fingerprint density at radius 2 is 2.25 bits per heavy atom. The fourth-order valence-electron chi connectivity index (χ4n) is 3.02. The average molecular weight is 287 g/mol. The average Bonchev–Trinajstić information content (AvgIpc) is 2.90. The Hall–Kier alpha value is -1.42. The molecule has 0 amide bonds. The maximum Gasteiger partial charge on any atom is 0.0953 e. The molecule has 3 rings (SSSR count). The van der Waals surface area contributed by atoms with E-state index >= 15 is 0 Å². The van der Waals surface area contributed by atoms with Gasteiger partial charge in [0.1, 0.15) is 0 Å². The molecule has 3 N–H and O–H groups in total. The highest BCUT2D eigenvalue weighted by molar-refractivity contribution is 7.99. The summed E-state index contributed by atoms with van der Waals surface area (Å²) in [4.78, 5) is 4.51. The number of thioether (sulfide) groups is 1. The van der Waals surface area contributed by atoms with Crippen LogP contribution in [0.5, 0.6) is 0 Å². The molecule has 3 nitrogen and oxygen atoms in total. The molecule has 0 spiro atoms. The second-order valence-corrected chi connectivity index (χ2v) is 6.79. The van der Waals surface area contributed by atoms with E-state index in [1.54, 1.807) is 0 Å². The van der Waals surface area contributed by atoms with Crippen LogP contribution in [-0.4, -0.2) is 22.0 Å². The maximum atomic E-state index is 6.04. The Balaban J connectivity index is 1.89. The molecular formula is C16H21N3S. The highest BCUT2D eigenvalue weighted by Gasteiger charge is 2.27. The molecule has 0 radical (unpaired) electrons. The summed E-state index contributed by atoms with van der Waals surface area (Å²) in [5.41, 5.74) is 8.93. The molecule has 2 aromatic rings. The van der Waals surface area contributed by atoms with Gasteiger partial charge in [0.15, 0.2) is 0 Å². The SMILES string of the molecule is CCSC1CCCC1Nc1ccc(N)c2cccnc12. The van der Waals surface area contributed by atoms with Crippen LogP contribution in [0.4, 0.5) is 11.4 Å². The summed E-state index contributed by atoms with van der Waals surface area (Å²) in [6, 6.07) is 8.57. The Bertz CT molecular complexity index is 599. The summed E-state index contributed by atoms with van der Waals surface area (Å²) >= 11 is 2.07. The molecule has 1 aliphatic carbocycles. The molecule has 1 fully saturated rings. The normalized spacial score (nSPS) is 22.2. The van der Waals surface area contributed by atoms with Crippen molar-refractivity contribution >= 4 is 34.0 Å². The lowest BCUT2D eigenvalue weighted by Crippen LogP contribution is -2.26. The van der Waals surface area contributed by atoms with Crippen LogP contribution in [0.15, 0.2) is 30.5 Å². The molecule has 4 heteroatoms. The minimum atomic E-state index is 0.550. The lowest BCUT2D eigenvalue weighted by molar-refractivity contribution is 0.768. The molecule has 1 aromatic carbocycles. The summed E-state index contributed by atoms with van der Waals surface area (Å²) in [7, 11) is 0. The molecule has 0 saturated heterocycles. The molecule has 2 atom stereocenters. The smallest absolute Gasteiger partial charge is 0.0953 e. The third kappa shape index (κ3) is 2.57. The molecule has 20 heavy (non-hydrogen) atoms. The molecule has 1 heterocycles. The van der Waals surface area contributed by atoms with Crippen molar-refractivity contribution in [3.63, 3.8) is 0 Å². The number of hydrogen-bond donors (Lipinski definition) is 2. The van der Waals surface area contributed by atoms with Gasteiger partial charge in [-0.25, -0.2) is 0 Å². The number of nitrogens with two attached hydrogens (primary N) is 1. The molecular weight excluding hydrogens is 266 g/mol. The number of nitrogens with one attached hydrogen (secondary N) is 1. The minimum absolute atomic E-state index is 0.550. The summed E-state index contributed by atoms with van der Waals surface area (Å²) < 4.78 is 0. The van der Waals surface area contributed by atoms with Crippen LogP contribution in [0.1, 0.15) is 26.2 Å². The fourth-order valence-corrected chi connectivity index (χ4v) is 4.21. The van der Waals surface area contributed by atoms with E-state index in [1.165, 1.54) is 25.0 Å². The summed E-state index contributed by atoms with van der Waals surface area (Å²) in [6.07, 6.45) is 5.71. The van der Waals surface area contributed by atoms with Crippen LogP contribution < -0.4 is 11.1 Å². The van der Waals surface area contributed by atoms with Gasteiger partial charge in [0, 0.05) is 28.6 Å². The number of nitrogens with zero attached hydrogens (tertiary/aromatic N) is 1. The number of aromatic nitrogens is 1. The van der Waals surface area contributed by atoms with Crippen LogP contribution in [0.2, 0.25) is 0 Å². The zero-order valence-electron chi connectivity index (χ0n) is 11.8. The standard InChI is InChI=1S/C16H21N3S/c1-2-20-15-7-3-6-13(15)19-14-9-8-12(17)11-5-4-10-18-16(11)14/h4-5,8-10,13,15,19H,2-3,6-7,17H2,1H3. The number of hydrogen-bond acceptors (Lipinski definition) is 4. The van der Waals surface area contributed by atoms with E-state index in [0.29, 0.717) is 6.04 Å². The van der Waals surface area contributed by atoms with Gasteiger partial charge >= 0.3 is 0 Å². The van der Waals surface area contributed by atoms with Crippen molar-refractivity contribution in [1.29, 1.82) is 0 Å². The van der Waals surface area contributed by atoms with E-state index in [0.717, 1.165) is 27.5 Å². The molecule has 1 saturated carbocycles. The molecule has 2 unspecified atom stereocenters. The second kappa shape index (κ2) is 5.92. The monoisotopic (exact) mass is 287 g/mol. The van der Waals surface area contributed by atoms with Crippen molar-refractivity contribution in [2.24, 2.45) is 0 Å². The van der Waals surface area contributed by atoms with Crippen molar-refractivity contribution in [2.45, 2.75) is 37.5 Å². The third-order valence-electron chi connectivity index (χ3n) is 3.98. The van der Waals surface area contributed by atoms with Gasteiger partial charge in [0.2, 0.25) is 0 Å². The van der Waals surface area contributed by atoms with Gasteiger partial charge in [-0.3, -0.25) is 4.98 Å². The summed E-state index contributed by atoms with van der Waals surface area (Å²) in [5, 5.41) is 5.46. The van der Waals surface area contributed by atoms with Crippen molar-refractivity contribution in [1.82, 2.24) is 4.98 Å². The first-order valence-corrected chi connectivity index (χ1v) is 8.36. The number of anilines is 2. The Morgan fingerprint density at radius 3 is 3.10 bits per heavy atom. The van der Waals surface area contributed by atoms with Crippen LogP contribution in [-0.2, 0) is 0 Å². The van der Waals surface area contributed by atoms with Gasteiger partial charge in [-0.15, -0.1) is 0 Å². The Kier molecular flexibility index (Phi) is 4.01. The van der Waals surface area contributed by atoms with E-state index in [9.17, 15) is 0 Å². The van der Waals surface area contributed by atoms with E-state index < -0.39 is 0 Å². The number of benzene rings is 1. The van der Waals surface area contributed by atoms with Crippen LogP contribution >= 0.6 is 11.8 Å². The van der Waals surface area contributed by atoms with Gasteiger partial charge in [0.05, 0.1) is 11.2 Å². The maximum absolute atomic E-state index is 6.04. The van der Waals surface area contributed by atoms with Gasteiger partial charge in [-0.1, -0.05) is 13.3 Å². The topological polar surface area (TPSA) is 50.9 Å². The van der Waals surface area contributed by atoms with Gasteiger partial charge in [-0.2, -0.15) is 11.8 Å². The zero-order chi connectivity index (χ0) is 13.9. The van der Waals surface area contributed by atoms with Crippen LogP contribution in [0.3, 0.4) is 0 Å². The van der Waals surface area contributed by atoms with Gasteiger partial charge in [0.25, 0.3) is 0 Å². The quantitative estimate of drug-likeness (QED) is 0.837. The van der Waals surface area contributed by atoms with E-state index in [1.807, 2.05) is 24.4 Å². The van der Waals surface area contributed by atoms with Crippen LogP contribution in [0.25, 0.3) is 10.9 Å². The lowest BCUT2D eigenvalue weighted by Gasteiger charge is -2.22. The number of nitrogen functional groups attached to an aromatic ring is 1. The molecule has 0 bridgehead atoms. The number of rotatable bonds is 4. The second-order valence-electron chi connectivity index (χ2n) is 5.28. The highest BCUT2D eigenvalue weighted by Crippen LogP contribution is 2.34. The summed E-state index contributed by atoms with van der Waals surface area (Å²) in [5.74, 6) is 1.18. The minimum Gasteiger partial charge on any atom is -0.398 e. The predicted octanol–water partition coefficient (Wildman–Crippen LogP) is 3.90. The first-order valence-electron chi connectivity index (χ1n) is 7.31. The molecule has 106 valence electrons. The lowest BCUT2D eigenvalue weighted by atomic mass is 10.1. The first-order chi connectivity index (χ1) is 9.79. The zero-order valence-corrected chi connectivity index (χ0v) is 12.6. The van der Waals surface area contributed by atoms with Crippen LogP contribution in [0, 0.1) is 0 Å². The van der Waals surface area contributed by atoms with Gasteiger partial charge < -0.3 is 11.1 Å². The van der Waals surface area contributed by atoms with Crippen molar-refractivity contribution in [3.8, 4) is 0 Å². The van der Waals surface area contributed by atoms with Crippen molar-refractivity contribution in [2.75, 3.05) is 16.8 Å². The Morgan fingerprint density at radius 1 is 1.35 bits per heavy atom. The number of pyridine rings is 1. The molecule has 0 aliphatic heterocycles. The molecule has 1 aliphatic rings. The molecule has 1 aromatic heterocycles. The summed E-state index contributed by atoms with van der Waals surface area (Å²) in [6.45, 7) is 2.24. The van der Waals surface area contributed by atoms with E-state index in [4.69, 9.17) is 5.73 Å². The number of fused-ring (bicyclic) bond motifs is 1. The fraction of sp³-hybridized carbons (Fsp3) is 0.438. The van der Waals surface area contributed by atoms with Crippen molar-refractivity contribution < 1.29 is 0 Å². The van der Waals surface area contributed by atoms with Gasteiger partial charge in [-0.05, 0) is 42.9 Å². The van der Waals surface area contributed by atoms with Crippen molar-refractivity contribution in [3.05, 3.63) is 30.5 Å². The predicted molar refractivity (Wildman–Crippen MR) is 89.3 cm³/mol. The highest BCUT2D eigenvalue weighted by atomic mass is 32.2. The Labute approximate surface area is 124 Å². The third-order valence-corrected chi connectivity index (χ3v) is 5.30. The van der Waals surface area contributed by atoms with E-state index in [-0.39, 0.29) is 0 Å². The largest absolute Gasteiger partial charge is 0.398 e. The first kappa shape index (κ1) is 13.6.